The van der Waals surface area contributed by atoms with Crippen molar-refractivity contribution in [2.75, 3.05) is 6.61 Å². The number of benzene rings is 2. The molecule has 2 rings (SSSR count). The molecule has 0 bridgehead atoms. The van der Waals surface area contributed by atoms with Crippen LogP contribution in [-0.2, 0) is 0 Å². The quantitative estimate of drug-likeness (QED) is 0.759. The molecule has 0 amide bonds. The van der Waals surface area contributed by atoms with E-state index in [9.17, 15) is 8.78 Å². The average Bonchev–Trinajstić information content (AvgIpc) is 2.46. The van der Waals surface area contributed by atoms with Crippen molar-refractivity contribution in [1.29, 1.82) is 0 Å². The smallest absolute Gasteiger partial charge is 0.387 e. The fourth-order valence-electron chi connectivity index (χ4n) is 1.79. The first kappa shape index (κ1) is 14.3. The van der Waals surface area contributed by atoms with Crippen LogP contribution in [0.2, 0.25) is 0 Å². The molecule has 0 aliphatic carbocycles. The monoisotopic (exact) mass is 278 g/mol. The highest BCUT2D eigenvalue weighted by Gasteiger charge is 2.04. The fraction of sp³-hybridized carbons (Fsp3) is 0.250. The first-order chi connectivity index (χ1) is 9.69. The molecule has 20 heavy (non-hydrogen) atoms. The van der Waals surface area contributed by atoms with Crippen molar-refractivity contribution in [2.24, 2.45) is 0 Å². The van der Waals surface area contributed by atoms with Gasteiger partial charge in [-0.25, -0.2) is 0 Å². The fourth-order valence-corrected chi connectivity index (χ4v) is 1.79. The van der Waals surface area contributed by atoms with Crippen LogP contribution >= 0.6 is 0 Å². The third-order valence-electron chi connectivity index (χ3n) is 2.74. The standard InChI is InChI=1S/C16H16F2O2/c1-2-11-19-14-7-3-12(4-8-14)13-5-9-15(10-6-13)20-16(17)18/h3-10,16H,2,11H2,1H3. The molecule has 0 unspecified atom stereocenters. The first-order valence-corrected chi connectivity index (χ1v) is 6.47. The van der Waals surface area contributed by atoms with Gasteiger partial charge >= 0.3 is 6.61 Å². The molecule has 2 aromatic rings. The van der Waals surface area contributed by atoms with Gasteiger partial charge in [-0.15, -0.1) is 0 Å². The molecular weight excluding hydrogens is 262 g/mol. The van der Waals surface area contributed by atoms with Crippen molar-refractivity contribution in [3.8, 4) is 22.6 Å². The van der Waals surface area contributed by atoms with Crippen LogP contribution < -0.4 is 9.47 Å². The zero-order valence-corrected chi connectivity index (χ0v) is 11.2. The van der Waals surface area contributed by atoms with Crippen LogP contribution in [0.4, 0.5) is 8.78 Å². The van der Waals surface area contributed by atoms with E-state index in [1.54, 1.807) is 12.1 Å². The van der Waals surface area contributed by atoms with E-state index in [1.807, 2.05) is 24.3 Å². The van der Waals surface area contributed by atoms with Gasteiger partial charge in [0, 0.05) is 0 Å². The summed E-state index contributed by atoms with van der Waals surface area (Å²) in [7, 11) is 0. The predicted octanol–water partition coefficient (Wildman–Crippen LogP) is 4.74. The Bertz CT molecular complexity index is 521. The number of alkyl halides is 2. The van der Waals surface area contributed by atoms with Gasteiger partial charge in [0.1, 0.15) is 11.5 Å². The van der Waals surface area contributed by atoms with Gasteiger partial charge in [-0.2, -0.15) is 8.78 Å². The number of hydrogen-bond donors (Lipinski definition) is 0. The summed E-state index contributed by atoms with van der Waals surface area (Å²) in [6.45, 7) is -0.0491. The second-order valence-corrected chi connectivity index (χ2v) is 4.28. The summed E-state index contributed by atoms with van der Waals surface area (Å²) in [4.78, 5) is 0. The Hall–Kier alpha value is -2.10. The molecule has 0 atom stereocenters. The maximum atomic E-state index is 12.1. The third-order valence-corrected chi connectivity index (χ3v) is 2.74. The minimum absolute atomic E-state index is 0.159. The van der Waals surface area contributed by atoms with Gasteiger partial charge < -0.3 is 9.47 Å². The van der Waals surface area contributed by atoms with E-state index in [4.69, 9.17) is 4.74 Å². The highest BCUT2D eigenvalue weighted by atomic mass is 19.3. The summed E-state index contributed by atoms with van der Waals surface area (Å²) in [6.07, 6.45) is 0.966. The van der Waals surface area contributed by atoms with Gasteiger partial charge in [-0.1, -0.05) is 31.2 Å². The number of hydrogen-bond acceptors (Lipinski definition) is 2. The molecule has 0 heterocycles. The molecule has 2 aromatic carbocycles. The summed E-state index contributed by atoms with van der Waals surface area (Å²) in [5.74, 6) is 0.986. The Kier molecular flexibility index (Phi) is 4.93. The lowest BCUT2D eigenvalue weighted by atomic mass is 10.1. The number of ether oxygens (including phenoxy) is 2. The molecule has 4 heteroatoms. The average molecular weight is 278 g/mol. The maximum absolute atomic E-state index is 12.1. The van der Waals surface area contributed by atoms with Crippen LogP contribution in [0.3, 0.4) is 0 Å². The van der Waals surface area contributed by atoms with E-state index in [0.29, 0.717) is 6.61 Å². The van der Waals surface area contributed by atoms with E-state index in [2.05, 4.69) is 11.7 Å². The molecule has 0 N–H and O–H groups in total. The van der Waals surface area contributed by atoms with E-state index in [1.165, 1.54) is 12.1 Å². The van der Waals surface area contributed by atoms with E-state index >= 15 is 0 Å². The lowest BCUT2D eigenvalue weighted by Gasteiger charge is -2.08. The van der Waals surface area contributed by atoms with Crippen LogP contribution in [0, 0.1) is 0 Å². The summed E-state index contributed by atoms with van der Waals surface area (Å²) in [5.41, 5.74) is 1.94. The molecule has 2 nitrogen and oxygen atoms in total. The predicted molar refractivity (Wildman–Crippen MR) is 74.3 cm³/mol. The summed E-state index contributed by atoms with van der Waals surface area (Å²) < 4.78 is 33.9. The van der Waals surface area contributed by atoms with Gasteiger partial charge in [-0.05, 0) is 41.8 Å². The summed E-state index contributed by atoms with van der Waals surface area (Å²) in [5, 5.41) is 0. The van der Waals surface area contributed by atoms with Crippen molar-refractivity contribution in [3.63, 3.8) is 0 Å². The highest BCUT2D eigenvalue weighted by molar-refractivity contribution is 5.64. The molecular formula is C16H16F2O2. The van der Waals surface area contributed by atoms with E-state index in [-0.39, 0.29) is 5.75 Å². The Morgan fingerprint density at radius 1 is 0.850 bits per heavy atom. The summed E-state index contributed by atoms with van der Waals surface area (Å²) >= 11 is 0. The van der Waals surface area contributed by atoms with Gasteiger partial charge in [-0.3, -0.25) is 0 Å². The maximum Gasteiger partial charge on any atom is 0.387 e. The molecule has 0 spiro atoms. The van der Waals surface area contributed by atoms with Gasteiger partial charge in [0.2, 0.25) is 0 Å². The molecule has 106 valence electrons. The Labute approximate surface area is 117 Å². The Balaban J connectivity index is 2.07. The van der Waals surface area contributed by atoms with Crippen molar-refractivity contribution < 1.29 is 18.3 Å². The molecule has 0 aliphatic heterocycles. The minimum atomic E-state index is -2.80. The van der Waals surface area contributed by atoms with Crippen LogP contribution in [-0.4, -0.2) is 13.2 Å². The van der Waals surface area contributed by atoms with Gasteiger partial charge in [0.25, 0.3) is 0 Å². The Morgan fingerprint density at radius 2 is 1.35 bits per heavy atom. The first-order valence-electron chi connectivity index (χ1n) is 6.47. The number of halogens is 2. The van der Waals surface area contributed by atoms with Crippen molar-refractivity contribution in [3.05, 3.63) is 48.5 Å². The van der Waals surface area contributed by atoms with E-state index in [0.717, 1.165) is 23.3 Å². The third kappa shape index (κ3) is 3.95. The zero-order chi connectivity index (χ0) is 14.4. The molecule has 0 saturated carbocycles. The van der Waals surface area contributed by atoms with Crippen molar-refractivity contribution >= 4 is 0 Å². The van der Waals surface area contributed by atoms with Crippen LogP contribution in [0.25, 0.3) is 11.1 Å². The largest absolute Gasteiger partial charge is 0.494 e. The van der Waals surface area contributed by atoms with E-state index < -0.39 is 6.61 Å². The van der Waals surface area contributed by atoms with Crippen molar-refractivity contribution in [2.45, 2.75) is 20.0 Å². The van der Waals surface area contributed by atoms with Gasteiger partial charge in [0.15, 0.2) is 0 Å². The zero-order valence-electron chi connectivity index (χ0n) is 11.2. The molecule has 0 aromatic heterocycles. The molecule has 0 aliphatic rings. The lowest BCUT2D eigenvalue weighted by molar-refractivity contribution is -0.0498. The molecule has 0 fully saturated rings. The lowest BCUT2D eigenvalue weighted by Crippen LogP contribution is -2.01. The normalized spacial score (nSPS) is 10.6. The second-order valence-electron chi connectivity index (χ2n) is 4.28. The second kappa shape index (κ2) is 6.89. The molecule has 0 radical (unpaired) electrons. The topological polar surface area (TPSA) is 18.5 Å². The van der Waals surface area contributed by atoms with Crippen LogP contribution in [0.15, 0.2) is 48.5 Å². The summed E-state index contributed by atoms with van der Waals surface area (Å²) in [6, 6.07) is 14.2. The Morgan fingerprint density at radius 3 is 1.80 bits per heavy atom. The highest BCUT2D eigenvalue weighted by Crippen LogP contribution is 2.25. The van der Waals surface area contributed by atoms with Crippen LogP contribution in [0.5, 0.6) is 11.5 Å². The minimum Gasteiger partial charge on any atom is -0.494 e. The van der Waals surface area contributed by atoms with Gasteiger partial charge in [0.05, 0.1) is 6.61 Å². The SMILES string of the molecule is CCCOc1ccc(-c2ccc(OC(F)F)cc2)cc1. The molecule has 0 saturated heterocycles. The van der Waals surface area contributed by atoms with Crippen molar-refractivity contribution in [1.82, 2.24) is 0 Å². The number of rotatable bonds is 6. The van der Waals surface area contributed by atoms with Crippen LogP contribution in [0.1, 0.15) is 13.3 Å².